The topological polar surface area (TPSA) is 67.2 Å². The van der Waals surface area contributed by atoms with Crippen LogP contribution < -0.4 is 4.74 Å². The quantitative estimate of drug-likeness (QED) is 0.412. The zero-order valence-corrected chi connectivity index (χ0v) is 18.3. The summed E-state index contributed by atoms with van der Waals surface area (Å²) in [6.45, 7) is 2.17. The van der Waals surface area contributed by atoms with Gasteiger partial charge in [-0.25, -0.2) is 8.42 Å². The number of nitrogens with zero attached hydrogens (tertiary/aromatic N) is 1. The Morgan fingerprint density at radius 2 is 1.67 bits per heavy atom. The number of allylic oxidation sites excluding steroid dienone is 1. The van der Waals surface area contributed by atoms with Gasteiger partial charge in [0.05, 0.1) is 14.9 Å². The van der Waals surface area contributed by atoms with Gasteiger partial charge in [0.15, 0.2) is 0 Å². The Kier molecular flexibility index (Phi) is 6.84. The number of hydrogen-bond donors (Lipinski definition) is 0. The van der Waals surface area contributed by atoms with Gasteiger partial charge in [-0.05, 0) is 60.5 Å². The summed E-state index contributed by atoms with van der Waals surface area (Å²) in [5.41, 5.74) is 2.38. The molecular formula is C23H17Cl2NO3S. The molecule has 0 bridgehead atoms. The summed E-state index contributed by atoms with van der Waals surface area (Å²) in [6.07, 6.45) is 1.35. The molecule has 0 fully saturated rings. The molecule has 30 heavy (non-hydrogen) atoms. The van der Waals surface area contributed by atoms with E-state index in [1.807, 2.05) is 13.0 Å². The number of nitriles is 1. The van der Waals surface area contributed by atoms with Crippen LogP contribution in [0.4, 0.5) is 0 Å². The number of hydrogen-bond acceptors (Lipinski definition) is 4. The molecule has 152 valence electrons. The van der Waals surface area contributed by atoms with E-state index in [9.17, 15) is 13.7 Å². The average Bonchev–Trinajstić information content (AvgIpc) is 2.74. The summed E-state index contributed by atoms with van der Waals surface area (Å²) >= 11 is 11.9. The fourth-order valence-electron chi connectivity index (χ4n) is 2.62. The fourth-order valence-corrected chi connectivity index (χ4v) is 4.10. The first-order chi connectivity index (χ1) is 14.3. The van der Waals surface area contributed by atoms with Crippen LogP contribution in [-0.4, -0.2) is 8.42 Å². The maximum atomic E-state index is 12.7. The summed E-state index contributed by atoms with van der Waals surface area (Å²) in [5.74, 6) is 0.595. The highest BCUT2D eigenvalue weighted by atomic mass is 35.5. The van der Waals surface area contributed by atoms with Crippen molar-refractivity contribution in [3.63, 3.8) is 0 Å². The van der Waals surface area contributed by atoms with E-state index in [2.05, 4.69) is 0 Å². The minimum Gasteiger partial charge on any atom is -0.489 e. The van der Waals surface area contributed by atoms with E-state index >= 15 is 0 Å². The van der Waals surface area contributed by atoms with Gasteiger partial charge >= 0.3 is 0 Å². The molecule has 0 unspecified atom stereocenters. The molecule has 0 aromatic heterocycles. The van der Waals surface area contributed by atoms with E-state index in [1.165, 1.54) is 18.2 Å². The molecule has 0 radical (unpaired) electrons. The van der Waals surface area contributed by atoms with Crippen molar-refractivity contribution in [2.75, 3.05) is 0 Å². The number of rotatable bonds is 6. The zero-order valence-electron chi connectivity index (χ0n) is 16.0. The maximum Gasteiger partial charge on any atom is 0.216 e. The number of sulfone groups is 1. The van der Waals surface area contributed by atoms with Gasteiger partial charge in [0, 0.05) is 0 Å². The van der Waals surface area contributed by atoms with Gasteiger partial charge in [0.1, 0.15) is 23.3 Å². The van der Waals surface area contributed by atoms with Crippen LogP contribution in [0.15, 0.2) is 76.5 Å². The van der Waals surface area contributed by atoms with Gasteiger partial charge in [0.2, 0.25) is 9.84 Å². The lowest BCUT2D eigenvalue weighted by Crippen LogP contribution is -2.03. The Hall–Kier alpha value is -2.78. The second-order valence-electron chi connectivity index (χ2n) is 6.54. The molecule has 0 atom stereocenters. The van der Waals surface area contributed by atoms with Crippen LogP contribution >= 0.6 is 23.2 Å². The molecule has 0 N–H and O–H groups in total. The van der Waals surface area contributed by atoms with E-state index in [1.54, 1.807) is 54.6 Å². The highest BCUT2D eigenvalue weighted by Gasteiger charge is 2.20. The smallest absolute Gasteiger partial charge is 0.216 e. The van der Waals surface area contributed by atoms with Crippen LogP contribution in [0, 0.1) is 18.3 Å². The molecule has 3 rings (SSSR count). The van der Waals surface area contributed by atoms with Crippen LogP contribution in [0.1, 0.15) is 16.7 Å². The summed E-state index contributed by atoms with van der Waals surface area (Å²) in [4.78, 5) is -0.238. The van der Waals surface area contributed by atoms with E-state index in [4.69, 9.17) is 27.9 Å². The normalized spacial score (nSPS) is 11.7. The Labute approximate surface area is 185 Å². The second kappa shape index (κ2) is 9.36. The van der Waals surface area contributed by atoms with Crippen LogP contribution in [0.5, 0.6) is 5.75 Å². The number of ether oxygens (including phenoxy) is 1. The van der Waals surface area contributed by atoms with Gasteiger partial charge in [0.25, 0.3) is 0 Å². The first kappa shape index (κ1) is 21.9. The highest BCUT2D eigenvalue weighted by Crippen LogP contribution is 2.25. The van der Waals surface area contributed by atoms with Crippen molar-refractivity contribution in [2.45, 2.75) is 18.4 Å². The van der Waals surface area contributed by atoms with Gasteiger partial charge in [-0.1, -0.05) is 59.1 Å². The van der Waals surface area contributed by atoms with Crippen molar-refractivity contribution >= 4 is 39.1 Å². The minimum atomic E-state index is -3.88. The van der Waals surface area contributed by atoms with Crippen LogP contribution in [-0.2, 0) is 16.4 Å². The zero-order chi connectivity index (χ0) is 21.7. The SMILES string of the molecule is Cc1ccc(S(=O)(=O)C(C#N)=Cc2ccc(OCc3ccc(Cl)c(Cl)c3)cc2)cc1. The fraction of sp³-hybridized carbons (Fsp3) is 0.0870. The molecule has 0 saturated heterocycles. The molecule has 4 nitrogen and oxygen atoms in total. The number of halogens is 2. The summed E-state index contributed by atoms with van der Waals surface area (Å²) in [7, 11) is -3.88. The molecule has 0 saturated carbocycles. The Balaban J connectivity index is 1.75. The molecule has 0 aliphatic rings. The number of aryl methyl sites for hydroxylation is 1. The van der Waals surface area contributed by atoms with Gasteiger partial charge < -0.3 is 4.74 Å². The molecule has 0 spiro atoms. The van der Waals surface area contributed by atoms with E-state index < -0.39 is 9.84 Å². The molecular weight excluding hydrogens is 441 g/mol. The third kappa shape index (κ3) is 5.22. The summed E-state index contributed by atoms with van der Waals surface area (Å²) < 4.78 is 31.2. The molecule has 7 heteroatoms. The molecule has 3 aromatic rings. The lowest BCUT2D eigenvalue weighted by Gasteiger charge is -2.08. The molecule has 0 aliphatic heterocycles. The Morgan fingerprint density at radius 1 is 1.00 bits per heavy atom. The van der Waals surface area contributed by atoms with Crippen LogP contribution in [0.2, 0.25) is 10.0 Å². The van der Waals surface area contributed by atoms with Gasteiger partial charge in [-0.15, -0.1) is 0 Å². The first-order valence-corrected chi connectivity index (χ1v) is 11.1. The highest BCUT2D eigenvalue weighted by molar-refractivity contribution is 7.95. The Bertz CT molecular complexity index is 1230. The van der Waals surface area contributed by atoms with Gasteiger partial charge in [-0.3, -0.25) is 0 Å². The van der Waals surface area contributed by atoms with E-state index in [-0.39, 0.29) is 9.80 Å². The first-order valence-electron chi connectivity index (χ1n) is 8.90. The lowest BCUT2D eigenvalue weighted by atomic mass is 10.2. The molecule has 0 aliphatic carbocycles. The van der Waals surface area contributed by atoms with Crippen LogP contribution in [0.25, 0.3) is 6.08 Å². The summed E-state index contributed by atoms with van der Waals surface area (Å²) in [5, 5.41) is 10.3. The van der Waals surface area contributed by atoms with Crippen molar-refractivity contribution in [1.82, 2.24) is 0 Å². The summed E-state index contributed by atoms with van der Waals surface area (Å²) in [6, 6.07) is 20.2. The van der Waals surface area contributed by atoms with E-state index in [0.29, 0.717) is 28.0 Å². The van der Waals surface area contributed by atoms with Crippen molar-refractivity contribution in [3.05, 3.63) is 98.4 Å². The standard InChI is InChI=1S/C23H17Cl2NO3S/c1-16-2-9-20(10-3-16)30(27,28)21(14-26)12-17-4-7-19(8-5-17)29-15-18-6-11-22(24)23(25)13-18/h2-13H,15H2,1H3. The number of benzene rings is 3. The molecule has 0 amide bonds. The van der Waals surface area contributed by atoms with Crippen molar-refractivity contribution in [3.8, 4) is 11.8 Å². The van der Waals surface area contributed by atoms with Crippen molar-refractivity contribution in [1.29, 1.82) is 5.26 Å². The third-order valence-corrected chi connectivity index (χ3v) is 6.72. The van der Waals surface area contributed by atoms with Crippen molar-refractivity contribution < 1.29 is 13.2 Å². The Morgan fingerprint density at radius 3 is 2.27 bits per heavy atom. The average molecular weight is 458 g/mol. The van der Waals surface area contributed by atoms with Crippen LogP contribution in [0.3, 0.4) is 0 Å². The van der Waals surface area contributed by atoms with Crippen molar-refractivity contribution in [2.24, 2.45) is 0 Å². The monoisotopic (exact) mass is 457 g/mol. The van der Waals surface area contributed by atoms with E-state index in [0.717, 1.165) is 11.1 Å². The lowest BCUT2D eigenvalue weighted by molar-refractivity contribution is 0.306. The largest absolute Gasteiger partial charge is 0.489 e. The second-order valence-corrected chi connectivity index (χ2v) is 9.28. The molecule has 0 heterocycles. The molecule has 3 aromatic carbocycles. The third-order valence-electron chi connectivity index (χ3n) is 4.30. The van der Waals surface area contributed by atoms with Gasteiger partial charge in [-0.2, -0.15) is 5.26 Å². The predicted octanol–water partition coefficient (Wildman–Crippen LogP) is 6.22. The minimum absolute atomic E-state index is 0.0856. The predicted molar refractivity (Wildman–Crippen MR) is 119 cm³/mol. The maximum absolute atomic E-state index is 12.7.